The van der Waals surface area contributed by atoms with Crippen molar-refractivity contribution in [3.63, 3.8) is 0 Å². The lowest BCUT2D eigenvalue weighted by atomic mass is 10.0. The zero-order chi connectivity index (χ0) is 35.2. The van der Waals surface area contributed by atoms with Crippen molar-refractivity contribution in [2.75, 3.05) is 13.2 Å². The Morgan fingerprint density at radius 2 is 1.60 bits per heavy atom. The van der Waals surface area contributed by atoms with Gasteiger partial charge in [0.05, 0.1) is 31.4 Å². The smallest absolute Gasteiger partial charge is 0.347 e. The largest absolute Gasteiger partial charge is 0.485 e. The molecule has 0 spiro atoms. The number of hydrogen-bond acceptors (Lipinski definition) is 7. The molecule has 11 heteroatoms. The second kappa shape index (κ2) is 16.3. The maximum absolute atomic E-state index is 14.4. The summed E-state index contributed by atoms with van der Waals surface area (Å²) in [5.41, 5.74) is 2.93. The number of pyridine rings is 2. The minimum absolute atomic E-state index is 0.000766. The fraction of sp³-hybridized carbons (Fsp3) is 0.432. The molecule has 0 bridgehead atoms. The van der Waals surface area contributed by atoms with Gasteiger partial charge < -0.3 is 23.6 Å². The number of fused-ring (bicyclic) bond motifs is 1. The van der Waals surface area contributed by atoms with Crippen LogP contribution in [0.1, 0.15) is 75.5 Å². The molecule has 1 atom stereocenters. The molecule has 4 rings (SSSR count). The summed E-state index contributed by atoms with van der Waals surface area (Å²) in [6.45, 7) is 14.6. The fourth-order valence-corrected chi connectivity index (χ4v) is 12.9. The van der Waals surface area contributed by atoms with Crippen molar-refractivity contribution in [2.45, 2.75) is 90.8 Å². The van der Waals surface area contributed by atoms with Crippen molar-refractivity contribution >= 4 is 41.3 Å². The number of ether oxygens (including phenoxy) is 2. The summed E-state index contributed by atoms with van der Waals surface area (Å²) in [7, 11) is -2.32. The molecule has 0 amide bonds. The number of carbonyl (C=O) groups is 1. The van der Waals surface area contributed by atoms with E-state index in [0.29, 0.717) is 33.0 Å². The first kappa shape index (κ1) is 37.4. The highest BCUT2D eigenvalue weighted by molar-refractivity contribution is 9.10. The summed E-state index contributed by atoms with van der Waals surface area (Å²) in [4.78, 5) is 32.5. The van der Waals surface area contributed by atoms with Crippen LogP contribution in [0.5, 0.6) is 5.75 Å². The number of benzene rings is 2. The van der Waals surface area contributed by atoms with E-state index in [-0.39, 0.29) is 49.0 Å². The molecule has 258 valence electrons. The minimum Gasteiger partial charge on any atom is -0.485 e. The van der Waals surface area contributed by atoms with Gasteiger partial charge in [0, 0.05) is 17.1 Å². The van der Waals surface area contributed by atoms with Crippen molar-refractivity contribution < 1.29 is 28.2 Å². The number of aliphatic hydroxyl groups is 1. The average Bonchev–Trinajstić information content (AvgIpc) is 3.04. The molecule has 0 saturated carbocycles. The number of hydrogen-bond donors (Lipinski definition) is 1. The Morgan fingerprint density at radius 1 is 0.979 bits per heavy atom. The SMILES string of the molecule is CCOC(=O)c1c(OCc2ccccc2)c2ncc(Cc3ccc(F)cc3)c(Br)c2n(C[C@@H](O)CO[Si](C(C)C)(C(C)C)C(C)C)c1=O. The number of halogens is 2. The molecule has 2 aromatic heterocycles. The van der Waals surface area contributed by atoms with Crippen LogP contribution >= 0.6 is 15.9 Å². The van der Waals surface area contributed by atoms with Gasteiger partial charge >= 0.3 is 5.97 Å². The first-order valence-electron chi connectivity index (χ1n) is 16.5. The molecule has 0 saturated heterocycles. The lowest BCUT2D eigenvalue weighted by Crippen LogP contribution is -2.49. The van der Waals surface area contributed by atoms with Gasteiger partial charge in [0.25, 0.3) is 5.56 Å². The summed E-state index contributed by atoms with van der Waals surface area (Å²) >= 11 is 3.73. The van der Waals surface area contributed by atoms with Gasteiger partial charge in [-0.05, 0) is 68.3 Å². The lowest BCUT2D eigenvalue weighted by molar-refractivity contribution is 0.0516. The summed E-state index contributed by atoms with van der Waals surface area (Å²) in [6, 6.07) is 15.5. The standard InChI is InChI=1S/C37H46BrFN2O6Si/c1-8-45-37(44)31-35(46-21-27-12-10-9-11-13-27)33-34(32(38)28(19-40-33)18-26-14-16-29(39)17-15-26)41(36(31)43)20-30(42)22-47-48(23(2)3,24(4)5)25(6)7/h9-17,19,23-25,30,42H,8,18,20-22H2,1-7H3/t30-/m1/s1. The maximum atomic E-state index is 14.4. The highest BCUT2D eigenvalue weighted by Gasteiger charge is 2.45. The maximum Gasteiger partial charge on any atom is 0.347 e. The molecule has 0 fully saturated rings. The van der Waals surface area contributed by atoms with E-state index in [1.54, 1.807) is 25.3 Å². The molecule has 0 aliphatic rings. The van der Waals surface area contributed by atoms with Crippen molar-refractivity contribution in [2.24, 2.45) is 0 Å². The van der Waals surface area contributed by atoms with E-state index in [1.807, 2.05) is 30.3 Å². The minimum atomic E-state index is -2.32. The molecule has 4 aromatic rings. The van der Waals surface area contributed by atoms with Crippen molar-refractivity contribution in [1.82, 2.24) is 9.55 Å². The average molecular weight is 742 g/mol. The van der Waals surface area contributed by atoms with E-state index in [0.717, 1.165) is 16.7 Å². The van der Waals surface area contributed by atoms with Gasteiger partial charge in [0.2, 0.25) is 0 Å². The zero-order valence-corrected chi connectivity index (χ0v) is 31.3. The van der Waals surface area contributed by atoms with Crippen LogP contribution in [0.3, 0.4) is 0 Å². The monoisotopic (exact) mass is 740 g/mol. The van der Waals surface area contributed by atoms with Crippen LogP contribution in [0.4, 0.5) is 4.39 Å². The second-order valence-electron chi connectivity index (χ2n) is 13.0. The molecule has 2 aromatic carbocycles. The van der Waals surface area contributed by atoms with Gasteiger partial charge in [-0.1, -0.05) is 84.0 Å². The molecule has 0 aliphatic carbocycles. The number of aliphatic hydroxyl groups excluding tert-OH is 1. The third-order valence-electron chi connectivity index (χ3n) is 8.87. The number of aromatic nitrogens is 2. The van der Waals surface area contributed by atoms with Crippen molar-refractivity contribution in [3.8, 4) is 5.75 Å². The molecule has 2 heterocycles. The first-order valence-corrected chi connectivity index (χ1v) is 19.4. The Bertz CT molecular complexity index is 1740. The highest BCUT2D eigenvalue weighted by atomic mass is 79.9. The lowest BCUT2D eigenvalue weighted by Gasteiger charge is -2.42. The molecular weight excluding hydrogens is 695 g/mol. The third kappa shape index (κ3) is 8.07. The molecule has 48 heavy (non-hydrogen) atoms. The van der Waals surface area contributed by atoms with Crippen molar-refractivity contribution in [1.29, 1.82) is 0 Å². The van der Waals surface area contributed by atoms with E-state index >= 15 is 0 Å². The van der Waals surface area contributed by atoms with E-state index in [4.69, 9.17) is 18.9 Å². The van der Waals surface area contributed by atoms with Crippen molar-refractivity contribution in [3.05, 3.63) is 104 Å². The summed E-state index contributed by atoms with van der Waals surface area (Å²) in [6.07, 6.45) is 0.949. The van der Waals surface area contributed by atoms with Crippen LogP contribution in [0.2, 0.25) is 16.6 Å². The number of esters is 1. The van der Waals surface area contributed by atoms with Crippen LogP contribution < -0.4 is 10.3 Å². The second-order valence-corrected chi connectivity index (χ2v) is 19.2. The number of carbonyl (C=O) groups excluding carboxylic acids is 1. The van der Waals surface area contributed by atoms with E-state index in [1.165, 1.54) is 16.7 Å². The van der Waals surface area contributed by atoms with Gasteiger partial charge in [0.15, 0.2) is 19.6 Å². The topological polar surface area (TPSA) is 99.9 Å². The predicted octanol–water partition coefficient (Wildman–Crippen LogP) is 8.20. The highest BCUT2D eigenvalue weighted by Crippen LogP contribution is 2.42. The number of nitrogens with zero attached hydrogens (tertiary/aromatic N) is 2. The normalized spacial score (nSPS) is 12.7. The van der Waals surface area contributed by atoms with Gasteiger partial charge in [-0.2, -0.15) is 0 Å². The fourth-order valence-electron chi connectivity index (χ4n) is 6.76. The molecule has 0 unspecified atom stereocenters. The number of rotatable bonds is 15. The zero-order valence-electron chi connectivity index (χ0n) is 28.8. The Labute approximate surface area is 291 Å². The van der Waals surface area contributed by atoms with Gasteiger partial charge in [-0.3, -0.25) is 9.78 Å². The predicted molar refractivity (Wildman–Crippen MR) is 193 cm³/mol. The quantitative estimate of drug-likeness (QED) is 0.0969. The third-order valence-corrected chi connectivity index (χ3v) is 15.8. The molecule has 1 N–H and O–H groups in total. The van der Waals surface area contributed by atoms with Crippen LogP contribution in [-0.4, -0.2) is 48.3 Å². The Balaban J connectivity index is 1.88. The first-order chi connectivity index (χ1) is 22.8. The van der Waals surface area contributed by atoms with Gasteiger partial charge in [0.1, 0.15) is 17.9 Å². The van der Waals surface area contributed by atoms with Crippen LogP contribution in [0.15, 0.2) is 70.1 Å². The molecule has 0 aliphatic heterocycles. The van der Waals surface area contributed by atoms with E-state index < -0.39 is 25.9 Å². The van der Waals surface area contributed by atoms with Crippen LogP contribution in [0.25, 0.3) is 11.0 Å². The molecule has 8 nitrogen and oxygen atoms in total. The van der Waals surface area contributed by atoms with Gasteiger partial charge in [-0.25, -0.2) is 9.18 Å². The van der Waals surface area contributed by atoms with Gasteiger partial charge in [-0.15, -0.1) is 0 Å². The Morgan fingerprint density at radius 3 is 2.19 bits per heavy atom. The molecule has 0 radical (unpaired) electrons. The Kier molecular flexibility index (Phi) is 12.7. The summed E-state index contributed by atoms with van der Waals surface area (Å²) in [5.74, 6) is -1.18. The van der Waals surface area contributed by atoms with E-state index in [2.05, 4.69) is 57.5 Å². The Hall–Kier alpha value is -3.38. The summed E-state index contributed by atoms with van der Waals surface area (Å²) in [5, 5.41) is 11.5. The van der Waals surface area contributed by atoms with E-state index in [9.17, 15) is 19.1 Å². The summed E-state index contributed by atoms with van der Waals surface area (Å²) < 4.78 is 33.8. The van der Waals surface area contributed by atoms with Crippen LogP contribution in [-0.2, 0) is 28.7 Å². The van der Waals surface area contributed by atoms with Crippen LogP contribution in [0, 0.1) is 5.82 Å². The molecular formula is C37H46BrFN2O6Si.